The van der Waals surface area contributed by atoms with Crippen molar-refractivity contribution in [1.82, 2.24) is 0 Å². The van der Waals surface area contributed by atoms with E-state index in [1.807, 2.05) is 0 Å². The zero-order chi connectivity index (χ0) is 10.2. The van der Waals surface area contributed by atoms with Crippen LogP contribution >= 0.6 is 0 Å². The van der Waals surface area contributed by atoms with Crippen molar-refractivity contribution in [2.75, 3.05) is 0 Å². The van der Waals surface area contributed by atoms with E-state index in [0.29, 0.717) is 0 Å². The van der Waals surface area contributed by atoms with Gasteiger partial charge in [0.25, 0.3) is 0 Å². The molecule has 0 heteroatoms. The molecular weight excluding hydrogens is 168 g/mol. The molecule has 0 N–H and O–H groups in total. The van der Waals surface area contributed by atoms with E-state index in [2.05, 4.69) is 44.2 Å². The maximum absolute atomic E-state index is 2.26. The molecule has 1 aromatic rings. The van der Waals surface area contributed by atoms with E-state index in [-0.39, 0.29) is 0 Å². The van der Waals surface area contributed by atoms with Crippen LogP contribution in [0.2, 0.25) is 0 Å². The van der Waals surface area contributed by atoms with Crippen LogP contribution in [-0.4, -0.2) is 0 Å². The van der Waals surface area contributed by atoms with Gasteiger partial charge in [-0.25, -0.2) is 0 Å². The first-order chi connectivity index (χ1) is 6.88. The average molecular weight is 189 g/mol. The van der Waals surface area contributed by atoms with Gasteiger partial charge in [0.05, 0.1) is 0 Å². The van der Waals surface area contributed by atoms with E-state index < -0.39 is 0 Å². The molecule has 0 aliphatic carbocycles. The summed E-state index contributed by atoms with van der Waals surface area (Å²) in [5.41, 5.74) is 1.44. The van der Waals surface area contributed by atoms with Crippen molar-refractivity contribution in [3.8, 4) is 0 Å². The van der Waals surface area contributed by atoms with Gasteiger partial charge >= 0.3 is 0 Å². The van der Waals surface area contributed by atoms with Gasteiger partial charge in [-0.3, -0.25) is 0 Å². The molecule has 0 atom stereocenters. The summed E-state index contributed by atoms with van der Waals surface area (Å²) in [4.78, 5) is 0. The zero-order valence-electron chi connectivity index (χ0n) is 9.42. The molecule has 0 saturated carbocycles. The van der Waals surface area contributed by atoms with Crippen LogP contribution in [-0.2, 0) is 0 Å². The van der Waals surface area contributed by atoms with Crippen LogP contribution in [0.25, 0.3) is 0 Å². The fourth-order valence-corrected chi connectivity index (χ4v) is 1.79. The highest BCUT2D eigenvalue weighted by Gasteiger charge is 2.08. The topological polar surface area (TPSA) is 0 Å². The molecule has 1 aromatic carbocycles. The van der Waals surface area contributed by atoms with Crippen LogP contribution in [0.4, 0.5) is 0 Å². The molecule has 14 heavy (non-hydrogen) atoms. The van der Waals surface area contributed by atoms with Gasteiger partial charge in [-0.15, -0.1) is 0 Å². The van der Waals surface area contributed by atoms with Gasteiger partial charge in [-0.05, 0) is 18.4 Å². The van der Waals surface area contributed by atoms with E-state index in [9.17, 15) is 0 Å². The number of unbranched alkanes of at least 4 members (excludes halogenated alkanes) is 2. The van der Waals surface area contributed by atoms with Gasteiger partial charge in [0, 0.05) is 5.92 Å². The lowest BCUT2D eigenvalue weighted by molar-refractivity contribution is 0.665. The first-order valence-electron chi connectivity index (χ1n) is 5.78. The van der Waals surface area contributed by atoms with Gasteiger partial charge in [0.1, 0.15) is 0 Å². The monoisotopic (exact) mass is 189 g/mol. The van der Waals surface area contributed by atoms with Crippen molar-refractivity contribution < 1.29 is 0 Å². The summed E-state index contributed by atoms with van der Waals surface area (Å²) >= 11 is 0. The molecule has 0 saturated heterocycles. The summed E-state index contributed by atoms with van der Waals surface area (Å²) in [6.45, 7) is 4.52. The van der Waals surface area contributed by atoms with E-state index in [4.69, 9.17) is 0 Å². The molecule has 77 valence electrons. The van der Waals surface area contributed by atoms with Crippen LogP contribution in [0.5, 0.6) is 0 Å². The van der Waals surface area contributed by atoms with E-state index in [1.165, 1.54) is 37.7 Å². The Morgan fingerprint density at radius 1 is 1.00 bits per heavy atom. The van der Waals surface area contributed by atoms with Crippen molar-refractivity contribution in [2.24, 2.45) is 0 Å². The molecule has 0 fully saturated rings. The summed E-state index contributed by atoms with van der Waals surface area (Å²) in [7, 11) is 0. The van der Waals surface area contributed by atoms with Crippen molar-refractivity contribution in [1.29, 1.82) is 0 Å². The zero-order valence-corrected chi connectivity index (χ0v) is 9.42. The lowest BCUT2D eigenvalue weighted by Gasteiger charge is -2.13. The van der Waals surface area contributed by atoms with E-state index in [1.54, 1.807) is 5.92 Å². The Hall–Kier alpha value is -0.780. The Bertz CT molecular complexity index is 225. The minimum Gasteiger partial charge on any atom is -0.0654 e. The minimum absolute atomic E-state index is 1.19. The minimum atomic E-state index is 1.19. The molecule has 0 nitrogen and oxygen atoms in total. The number of benzene rings is 1. The van der Waals surface area contributed by atoms with Crippen molar-refractivity contribution in [3.63, 3.8) is 0 Å². The summed E-state index contributed by atoms with van der Waals surface area (Å²) in [6, 6.07) is 10.8. The molecule has 0 aliphatic rings. The third kappa shape index (κ3) is 3.53. The second-order valence-corrected chi connectivity index (χ2v) is 3.78. The fraction of sp³-hybridized carbons (Fsp3) is 0.500. The third-order valence-corrected chi connectivity index (χ3v) is 2.69. The van der Waals surface area contributed by atoms with Crippen LogP contribution in [0.15, 0.2) is 30.3 Å². The van der Waals surface area contributed by atoms with Gasteiger partial charge in [0.15, 0.2) is 0 Å². The van der Waals surface area contributed by atoms with Gasteiger partial charge in [0.2, 0.25) is 0 Å². The van der Waals surface area contributed by atoms with Crippen LogP contribution in [0.1, 0.15) is 51.5 Å². The Labute approximate surface area is 88.4 Å². The summed E-state index contributed by atoms with van der Waals surface area (Å²) in [6.07, 6.45) is 6.47. The van der Waals surface area contributed by atoms with Crippen molar-refractivity contribution >= 4 is 0 Å². The molecule has 0 aliphatic heterocycles. The maximum Gasteiger partial charge on any atom is 0.00471 e. The fourth-order valence-electron chi connectivity index (χ4n) is 1.79. The molecule has 0 aromatic heterocycles. The smallest absolute Gasteiger partial charge is 0.00471 e. The normalized spacial score (nSPS) is 10.8. The molecule has 0 bridgehead atoms. The van der Waals surface area contributed by atoms with Crippen LogP contribution in [0.3, 0.4) is 0 Å². The predicted molar refractivity (Wildman–Crippen MR) is 63.2 cm³/mol. The van der Waals surface area contributed by atoms with Crippen molar-refractivity contribution in [2.45, 2.75) is 46.0 Å². The Balaban J connectivity index is 2.46. The first-order valence-corrected chi connectivity index (χ1v) is 5.78. The summed E-state index contributed by atoms with van der Waals surface area (Å²) in [5, 5.41) is 0. The standard InChI is InChI=1S/C14H21/c1-3-5-7-10-13(4-2)14-11-8-6-9-12-14/h6,8-9,11-12H,3-5,7,10H2,1-2H3. The molecule has 0 amide bonds. The highest BCUT2D eigenvalue weighted by atomic mass is 14.1. The van der Waals surface area contributed by atoms with Gasteiger partial charge in [-0.1, -0.05) is 63.4 Å². The third-order valence-electron chi connectivity index (χ3n) is 2.69. The molecule has 0 unspecified atom stereocenters. The molecule has 0 heterocycles. The lowest BCUT2D eigenvalue weighted by atomic mass is 9.91. The molecule has 0 spiro atoms. The summed E-state index contributed by atoms with van der Waals surface area (Å²) in [5.74, 6) is 1.61. The first kappa shape index (κ1) is 11.3. The second kappa shape index (κ2) is 6.64. The SMILES string of the molecule is CCCCC[C](CC)c1ccccc1. The highest BCUT2D eigenvalue weighted by molar-refractivity contribution is 5.29. The Morgan fingerprint density at radius 3 is 2.29 bits per heavy atom. The van der Waals surface area contributed by atoms with Crippen LogP contribution in [0, 0.1) is 5.92 Å². The largest absolute Gasteiger partial charge is 0.0654 e. The van der Waals surface area contributed by atoms with E-state index in [0.717, 1.165) is 0 Å². The predicted octanol–water partition coefficient (Wildman–Crippen LogP) is 4.60. The number of hydrogen-bond donors (Lipinski definition) is 0. The number of rotatable bonds is 6. The van der Waals surface area contributed by atoms with Crippen molar-refractivity contribution in [3.05, 3.63) is 41.8 Å². The average Bonchev–Trinajstić information content (AvgIpc) is 2.26. The highest BCUT2D eigenvalue weighted by Crippen LogP contribution is 2.24. The lowest BCUT2D eigenvalue weighted by Crippen LogP contribution is -1.98. The summed E-state index contributed by atoms with van der Waals surface area (Å²) < 4.78 is 0. The maximum atomic E-state index is 2.26. The quantitative estimate of drug-likeness (QED) is 0.574. The molecule has 1 radical (unpaired) electrons. The van der Waals surface area contributed by atoms with Crippen LogP contribution < -0.4 is 0 Å². The number of hydrogen-bond acceptors (Lipinski definition) is 0. The second-order valence-electron chi connectivity index (χ2n) is 3.78. The Kier molecular flexibility index (Phi) is 5.36. The van der Waals surface area contributed by atoms with E-state index >= 15 is 0 Å². The van der Waals surface area contributed by atoms with Gasteiger partial charge < -0.3 is 0 Å². The Morgan fingerprint density at radius 2 is 1.71 bits per heavy atom. The molecule has 1 rings (SSSR count). The van der Waals surface area contributed by atoms with Gasteiger partial charge in [-0.2, -0.15) is 0 Å². The molecular formula is C14H21.